The summed E-state index contributed by atoms with van der Waals surface area (Å²) in [7, 11) is 1.70. The lowest BCUT2D eigenvalue weighted by atomic mass is 9.92. The summed E-state index contributed by atoms with van der Waals surface area (Å²) in [6, 6.07) is 3.74. The molecule has 1 saturated heterocycles. The maximum Gasteiger partial charge on any atom is 0.255 e. The van der Waals surface area contributed by atoms with Gasteiger partial charge in [0.1, 0.15) is 5.82 Å². The minimum Gasteiger partial charge on any atom is -0.356 e. The molecular weight excluding hydrogens is 348 g/mol. The molecule has 1 fully saturated rings. The normalized spacial score (nSPS) is 18.0. The second kappa shape index (κ2) is 7.23. The highest BCUT2D eigenvalue weighted by Gasteiger charge is 2.26. The molecular formula is C19H24N4O2S. The number of carbonyl (C=O) groups is 1. The number of hydrogen-bond donors (Lipinski definition) is 0. The monoisotopic (exact) mass is 372 g/mol. The summed E-state index contributed by atoms with van der Waals surface area (Å²) in [6.07, 6.45) is 5.14. The molecule has 0 unspecified atom stereocenters. The van der Waals surface area contributed by atoms with E-state index in [0.717, 1.165) is 51.3 Å². The predicted octanol–water partition coefficient (Wildman–Crippen LogP) is 2.03. The van der Waals surface area contributed by atoms with Crippen LogP contribution in [-0.4, -0.2) is 40.0 Å². The molecule has 1 amide bonds. The predicted molar refractivity (Wildman–Crippen MR) is 102 cm³/mol. The fourth-order valence-corrected chi connectivity index (χ4v) is 4.72. The van der Waals surface area contributed by atoms with Crippen molar-refractivity contribution in [2.45, 2.75) is 32.2 Å². The molecule has 0 aromatic carbocycles. The van der Waals surface area contributed by atoms with E-state index in [4.69, 9.17) is 0 Å². The quantitative estimate of drug-likeness (QED) is 0.827. The third-order valence-corrected chi connectivity index (χ3v) is 6.55. The van der Waals surface area contributed by atoms with Gasteiger partial charge in [0.15, 0.2) is 0 Å². The van der Waals surface area contributed by atoms with E-state index < -0.39 is 0 Å². The average Bonchev–Trinajstić information content (AvgIpc) is 3.12. The van der Waals surface area contributed by atoms with E-state index in [1.807, 2.05) is 4.90 Å². The molecule has 26 heavy (non-hydrogen) atoms. The van der Waals surface area contributed by atoms with Gasteiger partial charge in [0.2, 0.25) is 5.91 Å². The molecule has 0 atom stereocenters. The molecule has 0 saturated carbocycles. The van der Waals surface area contributed by atoms with E-state index in [9.17, 15) is 9.59 Å². The highest BCUT2D eigenvalue weighted by molar-refractivity contribution is 7.10. The van der Waals surface area contributed by atoms with E-state index in [1.54, 1.807) is 30.8 Å². The third kappa shape index (κ3) is 3.53. The van der Waals surface area contributed by atoms with Crippen LogP contribution in [0.5, 0.6) is 0 Å². The largest absolute Gasteiger partial charge is 0.356 e. The zero-order valence-electron chi connectivity index (χ0n) is 15.1. The van der Waals surface area contributed by atoms with Gasteiger partial charge in [-0.3, -0.25) is 9.59 Å². The number of hydrogen-bond acceptors (Lipinski definition) is 5. The van der Waals surface area contributed by atoms with Crippen LogP contribution in [0.4, 0.5) is 5.82 Å². The molecule has 2 aromatic heterocycles. The Balaban J connectivity index is 1.30. The van der Waals surface area contributed by atoms with Crippen molar-refractivity contribution in [3.05, 3.63) is 44.6 Å². The lowest BCUT2D eigenvalue weighted by molar-refractivity contribution is -0.133. The summed E-state index contributed by atoms with van der Waals surface area (Å²) in [5, 5.41) is 2.12. The van der Waals surface area contributed by atoms with Crippen LogP contribution < -0.4 is 10.5 Å². The van der Waals surface area contributed by atoms with Crippen LogP contribution in [0.3, 0.4) is 0 Å². The lowest BCUT2D eigenvalue weighted by Crippen LogP contribution is -2.39. The van der Waals surface area contributed by atoms with Crippen molar-refractivity contribution in [1.82, 2.24) is 14.5 Å². The third-order valence-electron chi connectivity index (χ3n) is 5.53. The molecule has 7 heteroatoms. The topological polar surface area (TPSA) is 58.4 Å². The van der Waals surface area contributed by atoms with Crippen LogP contribution in [0, 0.1) is 5.92 Å². The van der Waals surface area contributed by atoms with Gasteiger partial charge < -0.3 is 14.4 Å². The maximum atomic E-state index is 12.7. The molecule has 0 N–H and O–H groups in total. The minimum absolute atomic E-state index is 0.0369. The number of carbonyl (C=O) groups excluding carboxylic acids is 1. The molecule has 2 aliphatic heterocycles. The Bertz CT molecular complexity index is 851. The van der Waals surface area contributed by atoms with Crippen molar-refractivity contribution in [2.75, 3.05) is 24.5 Å². The van der Waals surface area contributed by atoms with Crippen molar-refractivity contribution in [3.63, 3.8) is 0 Å². The molecule has 0 spiro atoms. The van der Waals surface area contributed by atoms with E-state index in [0.29, 0.717) is 12.3 Å². The fraction of sp³-hybridized carbons (Fsp3) is 0.526. The SMILES string of the molecule is Cn1cnc(N2CCC(CC(=O)N3CCc4sccc4C3)CC2)cc1=O. The van der Waals surface area contributed by atoms with E-state index in [1.165, 1.54) is 15.0 Å². The summed E-state index contributed by atoms with van der Waals surface area (Å²) in [5.74, 6) is 1.46. The van der Waals surface area contributed by atoms with Gasteiger partial charge in [0.25, 0.3) is 5.56 Å². The van der Waals surface area contributed by atoms with Crippen molar-refractivity contribution < 1.29 is 4.79 Å². The number of fused-ring (bicyclic) bond motifs is 1. The highest BCUT2D eigenvalue weighted by Crippen LogP contribution is 2.27. The molecule has 2 aromatic rings. The first-order valence-corrected chi connectivity index (χ1v) is 10.1. The Hall–Kier alpha value is -2.15. The van der Waals surface area contributed by atoms with Gasteiger partial charge in [-0.2, -0.15) is 0 Å². The number of amides is 1. The Kier molecular flexibility index (Phi) is 4.80. The molecule has 0 bridgehead atoms. The van der Waals surface area contributed by atoms with Crippen LogP contribution in [-0.2, 0) is 24.8 Å². The Morgan fingerprint density at radius 3 is 2.88 bits per heavy atom. The van der Waals surface area contributed by atoms with Crippen molar-refractivity contribution in [2.24, 2.45) is 13.0 Å². The number of piperidine rings is 1. The zero-order valence-corrected chi connectivity index (χ0v) is 15.9. The first-order valence-electron chi connectivity index (χ1n) is 9.21. The van der Waals surface area contributed by atoms with E-state index in [-0.39, 0.29) is 11.5 Å². The summed E-state index contributed by atoms with van der Waals surface area (Å²) >= 11 is 1.80. The number of thiophene rings is 1. The Labute approximate surface area is 157 Å². The van der Waals surface area contributed by atoms with Gasteiger partial charge >= 0.3 is 0 Å². The first kappa shape index (κ1) is 17.3. The summed E-state index contributed by atoms with van der Waals surface area (Å²) < 4.78 is 1.48. The van der Waals surface area contributed by atoms with Crippen LogP contribution in [0.25, 0.3) is 0 Å². The number of rotatable bonds is 3. The Morgan fingerprint density at radius 1 is 1.31 bits per heavy atom. The number of aryl methyl sites for hydroxylation is 1. The van der Waals surface area contributed by atoms with Gasteiger partial charge in [0.05, 0.1) is 6.33 Å². The molecule has 2 aliphatic rings. The molecule has 4 rings (SSSR count). The number of nitrogens with zero attached hydrogens (tertiary/aromatic N) is 4. The lowest BCUT2D eigenvalue weighted by Gasteiger charge is -2.34. The summed E-state index contributed by atoms with van der Waals surface area (Å²) in [5.41, 5.74) is 1.28. The van der Waals surface area contributed by atoms with Gasteiger partial charge in [-0.1, -0.05) is 0 Å². The van der Waals surface area contributed by atoms with Crippen LogP contribution in [0.2, 0.25) is 0 Å². The smallest absolute Gasteiger partial charge is 0.255 e. The van der Waals surface area contributed by atoms with Crippen LogP contribution in [0.1, 0.15) is 29.7 Å². The second-order valence-corrected chi connectivity index (χ2v) is 8.27. The molecule has 0 radical (unpaired) electrons. The summed E-state index contributed by atoms with van der Waals surface area (Å²) in [4.78, 5) is 34.4. The van der Waals surface area contributed by atoms with Gasteiger partial charge in [-0.15, -0.1) is 11.3 Å². The second-order valence-electron chi connectivity index (χ2n) is 7.27. The van der Waals surface area contributed by atoms with Crippen LogP contribution in [0.15, 0.2) is 28.6 Å². The van der Waals surface area contributed by atoms with Crippen molar-refractivity contribution in [3.8, 4) is 0 Å². The zero-order chi connectivity index (χ0) is 18.1. The van der Waals surface area contributed by atoms with Gasteiger partial charge in [0, 0.05) is 50.6 Å². The maximum absolute atomic E-state index is 12.7. The minimum atomic E-state index is -0.0369. The molecule has 138 valence electrons. The van der Waals surface area contributed by atoms with Crippen LogP contribution >= 0.6 is 11.3 Å². The highest BCUT2D eigenvalue weighted by atomic mass is 32.1. The molecule has 4 heterocycles. The molecule has 6 nitrogen and oxygen atoms in total. The van der Waals surface area contributed by atoms with Crippen molar-refractivity contribution in [1.29, 1.82) is 0 Å². The fourth-order valence-electron chi connectivity index (χ4n) is 3.83. The van der Waals surface area contributed by atoms with E-state index in [2.05, 4.69) is 21.3 Å². The number of anilines is 1. The van der Waals surface area contributed by atoms with E-state index >= 15 is 0 Å². The molecule has 0 aliphatic carbocycles. The van der Waals surface area contributed by atoms with Gasteiger partial charge in [-0.25, -0.2) is 4.98 Å². The average molecular weight is 372 g/mol. The number of aromatic nitrogens is 2. The first-order chi connectivity index (χ1) is 12.6. The summed E-state index contributed by atoms with van der Waals surface area (Å²) in [6.45, 7) is 3.33. The van der Waals surface area contributed by atoms with Crippen molar-refractivity contribution >= 4 is 23.1 Å². The standard InChI is InChI=1S/C19H24N4O2S/c1-21-13-20-17(11-18(21)24)22-6-2-14(3-7-22)10-19(25)23-8-4-16-15(12-23)5-9-26-16/h5,9,11,13-14H,2-4,6-8,10,12H2,1H3. The van der Waals surface area contributed by atoms with Gasteiger partial charge in [-0.05, 0) is 42.2 Å². The Morgan fingerprint density at radius 2 is 2.12 bits per heavy atom.